The number of thiazole rings is 1. The summed E-state index contributed by atoms with van der Waals surface area (Å²) in [6.07, 6.45) is 6.07. The number of ketones is 1. The Bertz CT molecular complexity index is 706. The van der Waals surface area contributed by atoms with Crippen LogP contribution in [0.15, 0.2) is 21.0 Å². The second-order valence-electron chi connectivity index (χ2n) is 8.26. The summed E-state index contributed by atoms with van der Waals surface area (Å²) in [6.45, 7) is 12.3. The van der Waals surface area contributed by atoms with Crippen molar-refractivity contribution in [3.05, 3.63) is 29.1 Å². The van der Waals surface area contributed by atoms with E-state index in [-0.39, 0.29) is 10.8 Å². The second kappa shape index (κ2) is 8.04. The number of carbonyl (C=O) groups is 1. The first kappa shape index (κ1) is 20.2. The van der Waals surface area contributed by atoms with E-state index in [9.17, 15) is 4.79 Å². The molecule has 0 aromatic carbocycles. The van der Waals surface area contributed by atoms with Gasteiger partial charge < -0.3 is 4.42 Å². The number of rotatable bonds is 7. The molecule has 6 heteroatoms. The Hall–Kier alpha value is -1.14. The number of Topliss-reactive ketones (excluding diaryl/α,β-unsaturated/α-hetero) is 1. The van der Waals surface area contributed by atoms with Gasteiger partial charge >= 0.3 is 0 Å². The first-order valence-electron chi connectivity index (χ1n) is 8.62. The van der Waals surface area contributed by atoms with Gasteiger partial charge in [-0.2, -0.15) is 0 Å². The van der Waals surface area contributed by atoms with Crippen molar-refractivity contribution in [3.8, 4) is 0 Å². The van der Waals surface area contributed by atoms with Gasteiger partial charge in [-0.15, -0.1) is 23.1 Å². The summed E-state index contributed by atoms with van der Waals surface area (Å²) in [5, 5.41) is 1.09. The van der Waals surface area contributed by atoms with Crippen LogP contribution in [0.1, 0.15) is 71.0 Å². The molecule has 0 spiro atoms. The van der Waals surface area contributed by atoms with Gasteiger partial charge in [0.2, 0.25) is 5.89 Å². The van der Waals surface area contributed by atoms with Crippen molar-refractivity contribution in [1.82, 2.24) is 9.97 Å². The Labute approximate surface area is 158 Å². The number of aromatic nitrogens is 2. The van der Waals surface area contributed by atoms with Gasteiger partial charge in [-0.1, -0.05) is 41.5 Å². The van der Waals surface area contributed by atoms with Crippen LogP contribution in [0.4, 0.5) is 0 Å². The van der Waals surface area contributed by atoms with Gasteiger partial charge in [0.25, 0.3) is 0 Å². The zero-order chi connectivity index (χ0) is 18.7. The average Bonchev–Trinajstić information content (AvgIpc) is 3.12. The molecular formula is C19H28N2O2S2. The maximum atomic E-state index is 12.0. The largest absolute Gasteiger partial charge is 0.444 e. The van der Waals surface area contributed by atoms with Crippen molar-refractivity contribution in [2.45, 2.75) is 76.2 Å². The average molecular weight is 381 g/mol. The number of nitrogens with zero attached hydrogens (tertiary/aromatic N) is 2. The highest BCUT2D eigenvalue weighted by Crippen LogP contribution is 2.30. The van der Waals surface area contributed by atoms with Crippen LogP contribution in [0.25, 0.3) is 0 Å². The Morgan fingerprint density at radius 3 is 2.48 bits per heavy atom. The number of hydrogen-bond acceptors (Lipinski definition) is 6. The molecule has 138 valence electrons. The Balaban J connectivity index is 1.80. The summed E-state index contributed by atoms with van der Waals surface area (Å²) < 4.78 is 6.97. The molecule has 0 radical (unpaired) electrons. The lowest BCUT2D eigenvalue weighted by atomic mass is 9.88. The number of carbonyl (C=O) groups excluding carboxylic acids is 1. The molecule has 0 saturated carbocycles. The third kappa shape index (κ3) is 6.26. The topological polar surface area (TPSA) is 56.0 Å². The van der Waals surface area contributed by atoms with Gasteiger partial charge in [0.05, 0.1) is 27.4 Å². The third-order valence-electron chi connectivity index (χ3n) is 3.79. The number of aryl methyl sites for hydroxylation is 1. The minimum absolute atomic E-state index is 0.0158. The third-order valence-corrected chi connectivity index (χ3v) is 6.03. The van der Waals surface area contributed by atoms with Crippen LogP contribution in [0.5, 0.6) is 0 Å². The van der Waals surface area contributed by atoms with Crippen molar-refractivity contribution >= 4 is 28.9 Å². The fourth-order valence-corrected chi connectivity index (χ4v) is 4.02. The molecule has 0 bridgehead atoms. The second-order valence-corrected chi connectivity index (χ2v) is 10.6. The number of hydrogen-bond donors (Lipinski definition) is 0. The molecule has 2 aromatic heterocycles. The minimum Gasteiger partial charge on any atom is -0.444 e. The zero-order valence-electron chi connectivity index (χ0n) is 16.0. The maximum Gasteiger partial charge on any atom is 0.204 e. The van der Waals surface area contributed by atoms with Crippen LogP contribution in [0, 0.1) is 5.41 Å². The van der Waals surface area contributed by atoms with Crippen LogP contribution < -0.4 is 0 Å². The van der Waals surface area contributed by atoms with Crippen molar-refractivity contribution in [1.29, 1.82) is 0 Å². The molecule has 4 nitrogen and oxygen atoms in total. The molecule has 0 atom stereocenters. The monoisotopic (exact) mass is 380 g/mol. The summed E-state index contributed by atoms with van der Waals surface area (Å²) in [5.41, 5.74) is -0.260. The molecule has 0 unspecified atom stereocenters. The molecule has 2 aromatic rings. The maximum absolute atomic E-state index is 12.0. The molecule has 0 aliphatic rings. The van der Waals surface area contributed by atoms with Crippen LogP contribution >= 0.6 is 23.1 Å². The van der Waals surface area contributed by atoms with E-state index in [0.29, 0.717) is 18.0 Å². The number of oxazole rings is 1. The summed E-state index contributed by atoms with van der Waals surface area (Å²) in [7, 11) is 0. The van der Waals surface area contributed by atoms with Gasteiger partial charge in [-0.3, -0.25) is 4.79 Å². The van der Waals surface area contributed by atoms with Crippen LogP contribution in [-0.4, -0.2) is 15.8 Å². The molecule has 0 amide bonds. The Kier molecular flexibility index (Phi) is 6.49. The van der Waals surface area contributed by atoms with Crippen molar-refractivity contribution in [2.24, 2.45) is 5.41 Å². The fraction of sp³-hybridized carbons (Fsp3) is 0.632. The van der Waals surface area contributed by atoms with E-state index in [1.54, 1.807) is 23.1 Å². The van der Waals surface area contributed by atoms with Crippen LogP contribution in [0.2, 0.25) is 0 Å². The van der Waals surface area contributed by atoms with E-state index in [4.69, 9.17) is 4.42 Å². The van der Waals surface area contributed by atoms with Crippen molar-refractivity contribution in [2.75, 3.05) is 0 Å². The summed E-state index contributed by atoms with van der Waals surface area (Å²) in [5.74, 6) is 2.69. The van der Waals surface area contributed by atoms with Gasteiger partial charge in [0, 0.05) is 17.3 Å². The molecule has 2 rings (SSSR count). The SMILES string of the molecule is CC(C)(C)C(=O)CCCc1ncc(SCc2ncc(C(C)(C)C)o2)s1. The Morgan fingerprint density at radius 2 is 1.88 bits per heavy atom. The quantitative estimate of drug-likeness (QED) is 0.580. The van der Waals surface area contributed by atoms with Crippen molar-refractivity contribution in [3.63, 3.8) is 0 Å². The standard InChI is InChI=1S/C19H28N2O2S2/c1-18(2,3)13(22)8-7-9-16-21-11-17(25-16)24-12-15-20-10-14(23-15)19(4,5)6/h10-11H,7-9,12H2,1-6H3. The van der Waals surface area contributed by atoms with E-state index >= 15 is 0 Å². The van der Waals surface area contributed by atoms with Gasteiger partial charge in [-0.05, 0) is 12.8 Å². The molecule has 0 saturated heterocycles. The van der Waals surface area contributed by atoms with E-state index in [2.05, 4.69) is 30.7 Å². The summed E-state index contributed by atoms with van der Waals surface area (Å²) in [6, 6.07) is 0. The first-order valence-corrected chi connectivity index (χ1v) is 10.4. The van der Waals surface area contributed by atoms with E-state index in [1.165, 1.54) is 0 Å². The predicted molar refractivity (Wildman–Crippen MR) is 104 cm³/mol. The lowest BCUT2D eigenvalue weighted by molar-refractivity contribution is -0.126. The minimum atomic E-state index is -0.244. The smallest absolute Gasteiger partial charge is 0.204 e. The van der Waals surface area contributed by atoms with Crippen LogP contribution in [-0.2, 0) is 22.4 Å². The highest BCUT2D eigenvalue weighted by atomic mass is 32.2. The highest BCUT2D eigenvalue weighted by molar-refractivity contribution is 8.00. The first-order chi connectivity index (χ1) is 11.6. The molecule has 0 aliphatic heterocycles. The van der Waals surface area contributed by atoms with E-state index in [1.807, 2.05) is 33.2 Å². The van der Waals surface area contributed by atoms with Gasteiger partial charge in [-0.25, -0.2) is 9.97 Å². The molecular weight excluding hydrogens is 352 g/mol. The van der Waals surface area contributed by atoms with E-state index in [0.717, 1.165) is 33.7 Å². The molecule has 0 aliphatic carbocycles. The number of thioether (sulfide) groups is 1. The predicted octanol–water partition coefficient (Wildman–Crippen LogP) is 5.66. The Morgan fingerprint density at radius 1 is 1.16 bits per heavy atom. The summed E-state index contributed by atoms with van der Waals surface area (Å²) in [4.78, 5) is 20.8. The molecule has 0 N–H and O–H groups in total. The van der Waals surface area contributed by atoms with Crippen molar-refractivity contribution < 1.29 is 9.21 Å². The molecule has 0 fully saturated rings. The lowest BCUT2D eigenvalue weighted by Crippen LogP contribution is -2.19. The van der Waals surface area contributed by atoms with E-state index < -0.39 is 0 Å². The van der Waals surface area contributed by atoms with Gasteiger partial charge in [0.15, 0.2) is 0 Å². The highest BCUT2D eigenvalue weighted by Gasteiger charge is 2.21. The normalized spacial score (nSPS) is 12.6. The summed E-state index contributed by atoms with van der Waals surface area (Å²) >= 11 is 3.39. The van der Waals surface area contributed by atoms with Gasteiger partial charge in [0.1, 0.15) is 11.5 Å². The fourth-order valence-electron chi connectivity index (χ4n) is 2.11. The van der Waals surface area contributed by atoms with Crippen LogP contribution in [0.3, 0.4) is 0 Å². The zero-order valence-corrected chi connectivity index (χ0v) is 17.6. The molecule has 2 heterocycles. The lowest BCUT2D eigenvalue weighted by Gasteiger charge is -2.15. The molecule has 25 heavy (non-hydrogen) atoms.